The molecular weight excluding hydrogens is 226 g/mol. The number of anilines is 1. The molecule has 18 heavy (non-hydrogen) atoms. The van der Waals surface area contributed by atoms with Crippen LogP contribution in [0, 0.1) is 6.92 Å². The van der Waals surface area contributed by atoms with Crippen LogP contribution in [0.3, 0.4) is 0 Å². The lowest BCUT2D eigenvalue weighted by Crippen LogP contribution is -1.93. The highest BCUT2D eigenvalue weighted by atomic mass is 16.5. The van der Waals surface area contributed by atoms with Crippen molar-refractivity contribution in [1.82, 2.24) is 0 Å². The van der Waals surface area contributed by atoms with Gasteiger partial charge in [-0.15, -0.1) is 0 Å². The average Bonchev–Trinajstić information content (AvgIpc) is 2.37. The molecule has 0 aromatic heterocycles. The number of benzene rings is 2. The third-order valence-electron chi connectivity index (χ3n) is 2.72. The second-order valence-electron chi connectivity index (χ2n) is 4.26. The number of nitrogen functional groups attached to an aromatic ring is 1. The fourth-order valence-corrected chi connectivity index (χ4v) is 1.71. The summed E-state index contributed by atoms with van der Waals surface area (Å²) in [5.41, 5.74) is 8.67. The Morgan fingerprint density at radius 3 is 2.50 bits per heavy atom. The monoisotopic (exact) mass is 243 g/mol. The van der Waals surface area contributed by atoms with Crippen LogP contribution < -0.4 is 10.5 Å². The minimum Gasteiger partial charge on any atom is -0.455 e. The lowest BCUT2D eigenvalue weighted by atomic mass is 10.1. The number of hydrogen-bond donors (Lipinski definition) is 2. The van der Waals surface area contributed by atoms with E-state index in [1.54, 1.807) is 0 Å². The van der Waals surface area contributed by atoms with Gasteiger partial charge < -0.3 is 15.6 Å². The predicted octanol–water partition coefficient (Wildman–Crippen LogP) is 2.90. The molecule has 0 fully saturated rings. The highest BCUT2D eigenvalue weighted by Crippen LogP contribution is 2.28. The summed E-state index contributed by atoms with van der Waals surface area (Å²) in [5, 5.41) is 8.84. The van der Waals surface area contributed by atoms with Crippen LogP contribution in [0.25, 0.3) is 0 Å². The third-order valence-corrected chi connectivity index (χ3v) is 2.72. The maximum Gasteiger partial charge on any atom is 0.150 e. The minimum atomic E-state index is 0.158. The van der Waals surface area contributed by atoms with Crippen molar-refractivity contribution in [2.75, 3.05) is 12.3 Å². The van der Waals surface area contributed by atoms with Gasteiger partial charge in [0.15, 0.2) is 5.75 Å². The van der Waals surface area contributed by atoms with Crippen molar-refractivity contribution in [3.63, 3.8) is 0 Å². The fraction of sp³-hybridized carbons (Fsp3) is 0.200. The summed E-state index contributed by atoms with van der Waals surface area (Å²) in [6.07, 6.45) is 0.660. The maximum atomic E-state index is 8.84. The first-order chi connectivity index (χ1) is 8.69. The molecule has 3 N–H and O–H groups in total. The maximum absolute atomic E-state index is 8.84. The molecule has 0 aliphatic heterocycles. The Morgan fingerprint density at radius 1 is 1.11 bits per heavy atom. The van der Waals surface area contributed by atoms with Crippen molar-refractivity contribution in [2.24, 2.45) is 0 Å². The van der Waals surface area contributed by atoms with Gasteiger partial charge in [-0.05, 0) is 48.7 Å². The molecule has 0 bridgehead atoms. The van der Waals surface area contributed by atoms with Crippen LogP contribution in [0.2, 0.25) is 0 Å². The summed E-state index contributed by atoms with van der Waals surface area (Å²) in [4.78, 5) is 0. The van der Waals surface area contributed by atoms with Crippen molar-refractivity contribution in [3.05, 3.63) is 53.6 Å². The Kier molecular flexibility index (Phi) is 3.85. The number of rotatable bonds is 4. The van der Waals surface area contributed by atoms with Crippen LogP contribution in [-0.4, -0.2) is 11.7 Å². The molecule has 94 valence electrons. The van der Waals surface area contributed by atoms with Crippen molar-refractivity contribution in [2.45, 2.75) is 13.3 Å². The van der Waals surface area contributed by atoms with E-state index in [9.17, 15) is 0 Å². The zero-order valence-electron chi connectivity index (χ0n) is 10.4. The number of aliphatic hydroxyl groups is 1. The SMILES string of the molecule is Cc1ccc(N)c(Oc2ccc(CCO)cc2)c1. The van der Waals surface area contributed by atoms with Crippen LogP contribution in [0.15, 0.2) is 42.5 Å². The van der Waals surface area contributed by atoms with E-state index >= 15 is 0 Å². The molecule has 2 aromatic rings. The van der Waals surface area contributed by atoms with Gasteiger partial charge in [-0.2, -0.15) is 0 Å². The fourth-order valence-electron chi connectivity index (χ4n) is 1.71. The molecule has 0 atom stereocenters. The summed E-state index contributed by atoms with van der Waals surface area (Å²) in [6.45, 7) is 2.15. The first-order valence-corrected chi connectivity index (χ1v) is 5.93. The lowest BCUT2D eigenvalue weighted by molar-refractivity contribution is 0.299. The normalized spacial score (nSPS) is 10.3. The highest BCUT2D eigenvalue weighted by Gasteiger charge is 2.02. The smallest absolute Gasteiger partial charge is 0.150 e. The summed E-state index contributed by atoms with van der Waals surface area (Å²) in [7, 11) is 0. The Bertz CT molecular complexity index is 521. The number of hydrogen-bond acceptors (Lipinski definition) is 3. The second kappa shape index (κ2) is 5.56. The van der Waals surface area contributed by atoms with Gasteiger partial charge in [-0.25, -0.2) is 0 Å². The standard InChI is InChI=1S/C15H17NO2/c1-11-2-7-14(16)15(10-11)18-13-5-3-12(4-6-13)8-9-17/h2-7,10,17H,8-9,16H2,1H3. The van der Waals surface area contributed by atoms with E-state index in [-0.39, 0.29) is 6.61 Å². The largest absolute Gasteiger partial charge is 0.455 e. The van der Waals surface area contributed by atoms with Gasteiger partial charge in [-0.1, -0.05) is 18.2 Å². The van der Waals surface area contributed by atoms with E-state index < -0.39 is 0 Å². The molecule has 3 nitrogen and oxygen atoms in total. The number of nitrogens with two attached hydrogens (primary N) is 1. The molecule has 0 saturated carbocycles. The Morgan fingerprint density at radius 2 is 1.83 bits per heavy atom. The molecule has 2 aromatic carbocycles. The van der Waals surface area contributed by atoms with E-state index in [1.165, 1.54) is 0 Å². The van der Waals surface area contributed by atoms with E-state index in [0.29, 0.717) is 17.9 Å². The van der Waals surface area contributed by atoms with Gasteiger partial charge in [0.2, 0.25) is 0 Å². The molecule has 0 heterocycles. The molecule has 0 aliphatic rings. The molecule has 2 rings (SSSR count). The van der Waals surface area contributed by atoms with Crippen LogP contribution in [0.1, 0.15) is 11.1 Å². The Hall–Kier alpha value is -2.00. The van der Waals surface area contributed by atoms with E-state index in [2.05, 4.69) is 0 Å². The minimum absolute atomic E-state index is 0.158. The first-order valence-electron chi connectivity index (χ1n) is 5.93. The second-order valence-corrected chi connectivity index (χ2v) is 4.26. The van der Waals surface area contributed by atoms with E-state index in [4.69, 9.17) is 15.6 Å². The summed E-state index contributed by atoms with van der Waals surface area (Å²) in [5.74, 6) is 1.42. The van der Waals surface area contributed by atoms with Gasteiger partial charge in [0.25, 0.3) is 0 Å². The molecule has 0 amide bonds. The molecule has 3 heteroatoms. The third kappa shape index (κ3) is 3.02. The van der Waals surface area contributed by atoms with Crippen LogP contribution in [0.4, 0.5) is 5.69 Å². The van der Waals surface area contributed by atoms with E-state index in [1.807, 2.05) is 49.4 Å². The van der Waals surface area contributed by atoms with Crippen LogP contribution in [-0.2, 0) is 6.42 Å². The zero-order valence-corrected chi connectivity index (χ0v) is 10.4. The van der Waals surface area contributed by atoms with Gasteiger partial charge in [0, 0.05) is 6.61 Å². The molecule has 0 spiro atoms. The van der Waals surface area contributed by atoms with Gasteiger partial charge >= 0.3 is 0 Å². The molecule has 0 saturated heterocycles. The quantitative estimate of drug-likeness (QED) is 0.812. The highest BCUT2D eigenvalue weighted by molar-refractivity contribution is 5.55. The van der Waals surface area contributed by atoms with Crippen molar-refractivity contribution in [3.8, 4) is 11.5 Å². The molecule has 0 aliphatic carbocycles. The first kappa shape index (κ1) is 12.5. The van der Waals surface area contributed by atoms with Gasteiger partial charge in [0.1, 0.15) is 5.75 Å². The van der Waals surface area contributed by atoms with Crippen LogP contribution >= 0.6 is 0 Å². The summed E-state index contributed by atoms with van der Waals surface area (Å²) < 4.78 is 5.74. The van der Waals surface area contributed by atoms with Gasteiger partial charge in [-0.3, -0.25) is 0 Å². The predicted molar refractivity (Wildman–Crippen MR) is 72.9 cm³/mol. The van der Waals surface area contributed by atoms with Crippen LogP contribution in [0.5, 0.6) is 11.5 Å². The molecule has 0 unspecified atom stereocenters. The number of aliphatic hydroxyl groups excluding tert-OH is 1. The number of aryl methyl sites for hydroxylation is 1. The van der Waals surface area contributed by atoms with Crippen molar-refractivity contribution >= 4 is 5.69 Å². The molecule has 0 radical (unpaired) electrons. The Balaban J connectivity index is 2.15. The summed E-state index contributed by atoms with van der Waals surface area (Å²) in [6, 6.07) is 13.4. The lowest BCUT2D eigenvalue weighted by Gasteiger charge is -2.09. The van der Waals surface area contributed by atoms with Crippen molar-refractivity contribution < 1.29 is 9.84 Å². The zero-order chi connectivity index (χ0) is 13.0. The average molecular weight is 243 g/mol. The van der Waals surface area contributed by atoms with Gasteiger partial charge in [0.05, 0.1) is 5.69 Å². The Labute approximate surface area is 107 Å². The topological polar surface area (TPSA) is 55.5 Å². The summed E-state index contributed by atoms with van der Waals surface area (Å²) >= 11 is 0. The van der Waals surface area contributed by atoms with E-state index in [0.717, 1.165) is 16.9 Å². The number of ether oxygens (including phenoxy) is 1. The van der Waals surface area contributed by atoms with Crippen molar-refractivity contribution in [1.29, 1.82) is 0 Å². The molecular formula is C15H17NO2.